The highest BCUT2D eigenvalue weighted by molar-refractivity contribution is 5.98. The minimum atomic E-state index is -1.21. The Labute approximate surface area is 149 Å². The van der Waals surface area contributed by atoms with Crippen LogP contribution in [0.25, 0.3) is 22.1 Å². The van der Waals surface area contributed by atoms with Crippen molar-refractivity contribution in [3.8, 4) is 0 Å². The Kier molecular flexibility index (Phi) is 4.46. The van der Waals surface area contributed by atoms with Gasteiger partial charge in [-0.25, -0.2) is 9.79 Å². The molecule has 2 heterocycles. The molecule has 0 bridgehead atoms. The summed E-state index contributed by atoms with van der Waals surface area (Å²) >= 11 is 0. The highest BCUT2D eigenvalue weighted by Gasteiger charge is 2.17. The molecule has 0 saturated heterocycles. The third-order valence-electron chi connectivity index (χ3n) is 3.98. The number of hydrogen-bond donors (Lipinski definition) is 1. The number of aromatic carboxylic acids is 1. The minimum Gasteiger partial charge on any atom is -0.478 e. The van der Waals surface area contributed by atoms with Crippen molar-refractivity contribution in [1.29, 1.82) is 0 Å². The lowest BCUT2D eigenvalue weighted by Gasteiger charge is -2.08. The molecule has 0 saturated carbocycles. The van der Waals surface area contributed by atoms with Crippen molar-refractivity contribution in [2.45, 2.75) is 19.8 Å². The highest BCUT2D eigenvalue weighted by Crippen LogP contribution is 2.26. The van der Waals surface area contributed by atoms with Crippen molar-refractivity contribution in [1.82, 2.24) is 9.88 Å². The summed E-state index contributed by atoms with van der Waals surface area (Å²) in [7, 11) is 3.51. The summed E-state index contributed by atoms with van der Waals surface area (Å²) in [5.41, 5.74) is 1.06. The van der Waals surface area contributed by atoms with Crippen molar-refractivity contribution in [3.05, 3.63) is 45.6 Å². The molecular formula is C19H19N3O4. The van der Waals surface area contributed by atoms with Crippen molar-refractivity contribution >= 4 is 40.2 Å². The number of aliphatic imine (C=N–C) groups is 1. The Morgan fingerprint density at radius 1 is 1.27 bits per heavy atom. The summed E-state index contributed by atoms with van der Waals surface area (Å²) in [6.07, 6.45) is 1.44. The Morgan fingerprint density at radius 3 is 2.62 bits per heavy atom. The summed E-state index contributed by atoms with van der Waals surface area (Å²) in [6.45, 7) is 4.09. The Hall–Kier alpha value is -3.22. The second-order valence-corrected chi connectivity index (χ2v) is 6.57. The molecular weight excluding hydrogens is 334 g/mol. The van der Waals surface area contributed by atoms with Crippen molar-refractivity contribution in [2.24, 2.45) is 4.99 Å². The van der Waals surface area contributed by atoms with Crippen molar-refractivity contribution in [3.63, 3.8) is 0 Å². The molecule has 1 N–H and O–H groups in total. The molecule has 0 radical (unpaired) electrons. The number of aromatic nitrogens is 1. The first kappa shape index (κ1) is 17.6. The quantitative estimate of drug-likeness (QED) is 0.439. The van der Waals surface area contributed by atoms with E-state index in [2.05, 4.69) is 9.98 Å². The average Bonchev–Trinajstić information content (AvgIpc) is 2.58. The van der Waals surface area contributed by atoms with E-state index in [1.165, 1.54) is 12.4 Å². The molecule has 1 aromatic carbocycles. The van der Waals surface area contributed by atoms with E-state index in [1.807, 2.05) is 26.0 Å². The first-order valence-electron chi connectivity index (χ1n) is 8.13. The normalized spacial score (nSPS) is 11.7. The van der Waals surface area contributed by atoms with Gasteiger partial charge in [-0.3, -0.25) is 4.79 Å². The smallest absolute Gasteiger partial charge is 0.339 e. The summed E-state index contributed by atoms with van der Waals surface area (Å²) in [4.78, 5) is 34.2. The third-order valence-corrected chi connectivity index (χ3v) is 3.98. The molecule has 0 spiro atoms. The molecule has 7 nitrogen and oxygen atoms in total. The minimum absolute atomic E-state index is 0.0128. The van der Waals surface area contributed by atoms with Crippen LogP contribution in [0.2, 0.25) is 0 Å². The fraction of sp³-hybridized carbons (Fsp3) is 0.263. The van der Waals surface area contributed by atoms with Crippen LogP contribution in [0.3, 0.4) is 0 Å². The molecule has 0 amide bonds. The van der Waals surface area contributed by atoms with Crippen LogP contribution in [-0.2, 0) is 0 Å². The van der Waals surface area contributed by atoms with E-state index in [-0.39, 0.29) is 33.8 Å². The van der Waals surface area contributed by atoms with Gasteiger partial charge in [-0.05, 0) is 29.7 Å². The molecule has 0 fully saturated rings. The number of benzene rings is 1. The SMILES string of the molecule is CC(C)c1ccc2c(=O)c3cc(C(=O)O)c(N=CN(C)C)nc3oc2c1. The zero-order chi connectivity index (χ0) is 19.0. The first-order valence-corrected chi connectivity index (χ1v) is 8.13. The van der Waals surface area contributed by atoms with Crippen LogP contribution in [0.5, 0.6) is 0 Å². The predicted molar refractivity (Wildman–Crippen MR) is 101 cm³/mol. The molecule has 3 aromatic rings. The van der Waals surface area contributed by atoms with E-state index in [4.69, 9.17) is 4.42 Å². The summed E-state index contributed by atoms with van der Waals surface area (Å²) in [6, 6.07) is 6.66. The second kappa shape index (κ2) is 6.59. The molecule has 0 atom stereocenters. The Bertz CT molecular complexity index is 1100. The largest absolute Gasteiger partial charge is 0.478 e. The topological polar surface area (TPSA) is 96.0 Å². The van der Waals surface area contributed by atoms with E-state index in [0.717, 1.165) is 5.56 Å². The standard InChI is InChI=1S/C19H19N3O4/c1-10(2)11-5-6-12-15(7-11)26-18-13(16(12)23)8-14(19(24)25)17(21-18)20-9-22(3)4/h5-10H,1-4H3,(H,24,25). The molecule has 0 aliphatic heterocycles. The number of rotatable bonds is 4. The Balaban J connectivity index is 2.34. The molecule has 134 valence electrons. The van der Waals surface area contributed by atoms with Gasteiger partial charge in [0.1, 0.15) is 11.1 Å². The molecule has 3 rings (SSSR count). The van der Waals surface area contributed by atoms with Gasteiger partial charge in [-0.2, -0.15) is 4.98 Å². The van der Waals surface area contributed by atoms with Crippen LogP contribution >= 0.6 is 0 Å². The van der Waals surface area contributed by atoms with Crippen molar-refractivity contribution < 1.29 is 14.3 Å². The van der Waals surface area contributed by atoms with E-state index in [1.54, 1.807) is 25.1 Å². The number of carboxylic acid groups (broad SMARTS) is 1. The van der Waals surface area contributed by atoms with Gasteiger partial charge in [0.05, 0.1) is 17.1 Å². The van der Waals surface area contributed by atoms with Crippen LogP contribution in [0.4, 0.5) is 5.82 Å². The molecule has 0 unspecified atom stereocenters. The number of carbonyl (C=O) groups is 1. The number of pyridine rings is 1. The van der Waals surface area contributed by atoms with Gasteiger partial charge >= 0.3 is 5.97 Å². The van der Waals surface area contributed by atoms with E-state index >= 15 is 0 Å². The predicted octanol–water partition coefficient (Wildman–Crippen LogP) is 3.38. The van der Waals surface area contributed by atoms with Gasteiger partial charge in [0, 0.05) is 14.1 Å². The van der Waals surface area contributed by atoms with Gasteiger partial charge in [-0.15, -0.1) is 0 Å². The zero-order valence-electron chi connectivity index (χ0n) is 15.0. The fourth-order valence-corrected chi connectivity index (χ4v) is 2.57. The molecule has 2 aromatic heterocycles. The van der Waals surface area contributed by atoms with Gasteiger partial charge in [0.2, 0.25) is 11.1 Å². The van der Waals surface area contributed by atoms with Crippen LogP contribution < -0.4 is 5.43 Å². The maximum atomic E-state index is 12.8. The van der Waals surface area contributed by atoms with Crippen LogP contribution in [0.15, 0.2) is 38.5 Å². The summed E-state index contributed by atoms with van der Waals surface area (Å²) in [5, 5.41) is 9.95. The number of fused-ring (bicyclic) bond motifs is 2. The lowest BCUT2D eigenvalue weighted by Crippen LogP contribution is -2.09. The van der Waals surface area contributed by atoms with Gasteiger partial charge in [0.25, 0.3) is 0 Å². The highest BCUT2D eigenvalue weighted by atomic mass is 16.4. The van der Waals surface area contributed by atoms with E-state index < -0.39 is 5.97 Å². The summed E-state index contributed by atoms with van der Waals surface area (Å²) < 4.78 is 5.81. The maximum Gasteiger partial charge on any atom is 0.339 e. The van der Waals surface area contributed by atoms with Crippen LogP contribution in [0, 0.1) is 0 Å². The molecule has 26 heavy (non-hydrogen) atoms. The average molecular weight is 353 g/mol. The number of nitrogens with zero attached hydrogens (tertiary/aromatic N) is 3. The number of carboxylic acids is 1. The second-order valence-electron chi connectivity index (χ2n) is 6.57. The van der Waals surface area contributed by atoms with Gasteiger partial charge in [-0.1, -0.05) is 19.9 Å². The van der Waals surface area contributed by atoms with Gasteiger partial charge in [0.15, 0.2) is 5.82 Å². The lowest BCUT2D eigenvalue weighted by atomic mass is 10.0. The maximum absolute atomic E-state index is 12.8. The fourth-order valence-electron chi connectivity index (χ4n) is 2.57. The van der Waals surface area contributed by atoms with Crippen molar-refractivity contribution in [2.75, 3.05) is 14.1 Å². The molecule has 0 aliphatic rings. The van der Waals surface area contributed by atoms with Gasteiger partial charge < -0.3 is 14.4 Å². The summed E-state index contributed by atoms with van der Waals surface area (Å²) in [5.74, 6) is -0.941. The van der Waals surface area contributed by atoms with Crippen LogP contribution in [0.1, 0.15) is 35.7 Å². The van der Waals surface area contributed by atoms with Crippen LogP contribution in [-0.4, -0.2) is 41.4 Å². The number of hydrogen-bond acceptors (Lipinski definition) is 5. The third kappa shape index (κ3) is 3.15. The Morgan fingerprint density at radius 2 is 2.00 bits per heavy atom. The molecule has 7 heteroatoms. The first-order chi connectivity index (χ1) is 12.3. The molecule has 0 aliphatic carbocycles. The van der Waals surface area contributed by atoms with E-state index in [0.29, 0.717) is 11.0 Å². The zero-order valence-corrected chi connectivity index (χ0v) is 15.0. The lowest BCUT2D eigenvalue weighted by molar-refractivity contribution is 0.0697. The monoisotopic (exact) mass is 353 g/mol. The van der Waals surface area contributed by atoms with E-state index in [9.17, 15) is 14.7 Å².